The fourth-order valence-electron chi connectivity index (χ4n) is 2.61. The molecule has 88 valence electrons. The monoisotopic (exact) mass is 228 g/mol. The van der Waals surface area contributed by atoms with Gasteiger partial charge in [-0.1, -0.05) is 6.92 Å². The van der Waals surface area contributed by atoms with Crippen LogP contribution in [0.4, 0.5) is 0 Å². The number of piperazine rings is 1. The predicted molar refractivity (Wildman–Crippen MR) is 68.6 cm³/mol. The third-order valence-corrected chi connectivity index (χ3v) is 5.20. The molecule has 2 aliphatic heterocycles. The Hall–Kier alpha value is 0.270. The molecular formula is C12H24N2S. The lowest BCUT2D eigenvalue weighted by atomic mass is 9.96. The molecule has 0 aliphatic carbocycles. The topological polar surface area (TPSA) is 15.3 Å². The van der Waals surface area contributed by atoms with Crippen molar-refractivity contribution in [2.24, 2.45) is 0 Å². The summed E-state index contributed by atoms with van der Waals surface area (Å²) in [6.45, 7) is 9.62. The molecule has 3 heteroatoms. The van der Waals surface area contributed by atoms with Crippen LogP contribution in [0.1, 0.15) is 33.1 Å². The van der Waals surface area contributed by atoms with Gasteiger partial charge in [0.15, 0.2) is 0 Å². The minimum atomic E-state index is 0.363. The first-order valence-electron chi connectivity index (χ1n) is 6.31. The highest BCUT2D eigenvalue weighted by molar-refractivity contribution is 8.00. The molecule has 2 rings (SSSR count). The SMILES string of the molecule is CCC1(C)CN(CC2CCCS2)CCN1. The van der Waals surface area contributed by atoms with E-state index in [0.29, 0.717) is 5.54 Å². The lowest BCUT2D eigenvalue weighted by Crippen LogP contribution is -2.59. The molecule has 2 unspecified atom stereocenters. The Morgan fingerprint density at radius 2 is 2.40 bits per heavy atom. The van der Waals surface area contributed by atoms with Gasteiger partial charge in [-0.05, 0) is 31.9 Å². The first-order chi connectivity index (χ1) is 7.22. The van der Waals surface area contributed by atoms with Gasteiger partial charge in [0.1, 0.15) is 0 Å². The van der Waals surface area contributed by atoms with E-state index in [0.717, 1.165) is 5.25 Å². The predicted octanol–water partition coefficient (Wildman–Crippen LogP) is 1.96. The van der Waals surface area contributed by atoms with Crippen LogP contribution in [0.5, 0.6) is 0 Å². The zero-order chi connectivity index (χ0) is 10.7. The van der Waals surface area contributed by atoms with Gasteiger partial charge < -0.3 is 5.32 Å². The second kappa shape index (κ2) is 5.07. The minimum absolute atomic E-state index is 0.363. The van der Waals surface area contributed by atoms with E-state index in [1.54, 1.807) is 0 Å². The summed E-state index contributed by atoms with van der Waals surface area (Å²) in [5.74, 6) is 1.39. The molecule has 0 amide bonds. The summed E-state index contributed by atoms with van der Waals surface area (Å²) in [4.78, 5) is 2.67. The van der Waals surface area contributed by atoms with Crippen molar-refractivity contribution < 1.29 is 0 Å². The Morgan fingerprint density at radius 1 is 1.53 bits per heavy atom. The van der Waals surface area contributed by atoms with Crippen LogP contribution < -0.4 is 5.32 Å². The van der Waals surface area contributed by atoms with Gasteiger partial charge in [-0.3, -0.25) is 4.90 Å². The van der Waals surface area contributed by atoms with Gasteiger partial charge in [-0.25, -0.2) is 0 Å². The van der Waals surface area contributed by atoms with Crippen LogP contribution >= 0.6 is 11.8 Å². The standard InChI is InChI=1S/C12H24N2S/c1-3-12(2)10-14(7-6-13-12)9-11-5-4-8-15-11/h11,13H,3-10H2,1-2H3. The van der Waals surface area contributed by atoms with E-state index < -0.39 is 0 Å². The molecule has 0 aromatic rings. The maximum absolute atomic E-state index is 3.65. The fraction of sp³-hybridized carbons (Fsp3) is 1.00. The summed E-state index contributed by atoms with van der Waals surface area (Å²) in [6, 6.07) is 0. The van der Waals surface area contributed by atoms with Gasteiger partial charge in [0.2, 0.25) is 0 Å². The lowest BCUT2D eigenvalue weighted by Gasteiger charge is -2.41. The normalized spacial score (nSPS) is 38.4. The summed E-state index contributed by atoms with van der Waals surface area (Å²) in [6.07, 6.45) is 4.12. The second-order valence-electron chi connectivity index (χ2n) is 5.21. The average Bonchev–Trinajstić information content (AvgIpc) is 2.71. The zero-order valence-electron chi connectivity index (χ0n) is 10.1. The Balaban J connectivity index is 1.81. The summed E-state index contributed by atoms with van der Waals surface area (Å²) >= 11 is 2.18. The van der Waals surface area contributed by atoms with Crippen molar-refractivity contribution in [2.75, 3.05) is 31.9 Å². The number of hydrogen-bond acceptors (Lipinski definition) is 3. The van der Waals surface area contributed by atoms with E-state index in [1.807, 2.05) is 0 Å². The van der Waals surface area contributed by atoms with Crippen LogP contribution in [-0.4, -0.2) is 47.6 Å². The molecule has 2 fully saturated rings. The highest BCUT2D eigenvalue weighted by atomic mass is 32.2. The third-order valence-electron chi connectivity index (χ3n) is 3.82. The molecule has 2 heterocycles. The van der Waals surface area contributed by atoms with Crippen molar-refractivity contribution in [1.29, 1.82) is 0 Å². The first kappa shape index (κ1) is 11.7. The highest BCUT2D eigenvalue weighted by Gasteiger charge is 2.30. The van der Waals surface area contributed by atoms with E-state index in [9.17, 15) is 0 Å². The molecule has 2 saturated heterocycles. The van der Waals surface area contributed by atoms with Gasteiger partial charge in [-0.2, -0.15) is 11.8 Å². The number of nitrogens with zero attached hydrogens (tertiary/aromatic N) is 1. The van der Waals surface area contributed by atoms with Gasteiger partial charge in [0, 0.05) is 37.0 Å². The van der Waals surface area contributed by atoms with E-state index >= 15 is 0 Å². The second-order valence-corrected chi connectivity index (χ2v) is 6.62. The zero-order valence-corrected chi connectivity index (χ0v) is 10.9. The molecule has 2 aliphatic rings. The van der Waals surface area contributed by atoms with Crippen LogP contribution in [0.15, 0.2) is 0 Å². The van der Waals surface area contributed by atoms with Crippen molar-refractivity contribution in [1.82, 2.24) is 10.2 Å². The Labute approximate surface area is 98.2 Å². The van der Waals surface area contributed by atoms with Gasteiger partial charge >= 0.3 is 0 Å². The molecule has 2 nitrogen and oxygen atoms in total. The van der Waals surface area contributed by atoms with Crippen molar-refractivity contribution in [2.45, 2.75) is 43.9 Å². The molecule has 0 bridgehead atoms. The van der Waals surface area contributed by atoms with Crippen LogP contribution in [0, 0.1) is 0 Å². The van der Waals surface area contributed by atoms with Gasteiger partial charge in [0.25, 0.3) is 0 Å². The average molecular weight is 228 g/mol. The third kappa shape index (κ3) is 3.11. The molecule has 0 saturated carbocycles. The van der Waals surface area contributed by atoms with Crippen LogP contribution in [0.25, 0.3) is 0 Å². The van der Waals surface area contributed by atoms with Crippen LogP contribution in [-0.2, 0) is 0 Å². The van der Waals surface area contributed by atoms with E-state index in [-0.39, 0.29) is 0 Å². The molecule has 0 aromatic heterocycles. The largest absolute Gasteiger partial charge is 0.309 e. The van der Waals surface area contributed by atoms with E-state index in [4.69, 9.17) is 0 Å². The summed E-state index contributed by atoms with van der Waals surface area (Å²) in [7, 11) is 0. The molecule has 0 aromatic carbocycles. The highest BCUT2D eigenvalue weighted by Crippen LogP contribution is 2.27. The summed E-state index contributed by atoms with van der Waals surface area (Å²) in [5, 5.41) is 4.57. The Morgan fingerprint density at radius 3 is 3.07 bits per heavy atom. The number of hydrogen-bond donors (Lipinski definition) is 1. The van der Waals surface area contributed by atoms with Gasteiger partial charge in [-0.15, -0.1) is 0 Å². The fourth-order valence-corrected chi connectivity index (χ4v) is 3.93. The lowest BCUT2D eigenvalue weighted by molar-refractivity contribution is 0.140. The Bertz CT molecular complexity index is 204. The minimum Gasteiger partial charge on any atom is -0.309 e. The van der Waals surface area contributed by atoms with Crippen molar-refractivity contribution >= 4 is 11.8 Å². The molecule has 2 atom stereocenters. The van der Waals surface area contributed by atoms with Crippen LogP contribution in [0.2, 0.25) is 0 Å². The van der Waals surface area contributed by atoms with Crippen molar-refractivity contribution in [3.8, 4) is 0 Å². The quantitative estimate of drug-likeness (QED) is 0.795. The van der Waals surface area contributed by atoms with Crippen molar-refractivity contribution in [3.63, 3.8) is 0 Å². The van der Waals surface area contributed by atoms with E-state index in [2.05, 4.69) is 35.8 Å². The number of rotatable bonds is 3. The van der Waals surface area contributed by atoms with E-state index in [1.165, 1.54) is 51.2 Å². The maximum Gasteiger partial charge on any atom is 0.0278 e. The summed E-state index contributed by atoms with van der Waals surface area (Å²) < 4.78 is 0. The number of thioether (sulfide) groups is 1. The molecule has 0 spiro atoms. The molecule has 15 heavy (non-hydrogen) atoms. The molecule has 1 N–H and O–H groups in total. The Kier molecular flexibility index (Phi) is 3.97. The first-order valence-corrected chi connectivity index (χ1v) is 7.36. The van der Waals surface area contributed by atoms with Gasteiger partial charge in [0.05, 0.1) is 0 Å². The smallest absolute Gasteiger partial charge is 0.0278 e. The maximum atomic E-state index is 3.65. The molecule has 0 radical (unpaired) electrons. The van der Waals surface area contributed by atoms with Crippen LogP contribution in [0.3, 0.4) is 0 Å². The molecular weight excluding hydrogens is 204 g/mol. The van der Waals surface area contributed by atoms with Crippen molar-refractivity contribution in [3.05, 3.63) is 0 Å². The summed E-state index contributed by atoms with van der Waals surface area (Å²) in [5.41, 5.74) is 0.363. The number of nitrogens with one attached hydrogen (secondary N) is 1.